The highest BCUT2D eigenvalue weighted by Crippen LogP contribution is 2.29. The predicted octanol–water partition coefficient (Wildman–Crippen LogP) is 3.49. The second-order valence-electron chi connectivity index (χ2n) is 6.31. The van der Waals surface area contributed by atoms with E-state index in [-0.39, 0.29) is 17.4 Å². The van der Waals surface area contributed by atoms with Gasteiger partial charge in [-0.25, -0.2) is 9.67 Å². The normalized spacial score (nSPS) is 11.0. The molecule has 3 aromatic rings. The van der Waals surface area contributed by atoms with Crippen LogP contribution in [0.15, 0.2) is 30.5 Å². The van der Waals surface area contributed by atoms with Crippen LogP contribution in [0.2, 0.25) is 0 Å². The summed E-state index contributed by atoms with van der Waals surface area (Å²) in [6.07, 6.45) is 1.66. The van der Waals surface area contributed by atoms with Crippen molar-refractivity contribution in [3.05, 3.63) is 51.8 Å². The lowest BCUT2D eigenvalue weighted by molar-refractivity contribution is -0.384. The topological polar surface area (TPSA) is 112 Å². The number of rotatable bonds is 5. The molecule has 2 heterocycles. The lowest BCUT2D eigenvalue weighted by Gasteiger charge is -2.12. The van der Waals surface area contributed by atoms with Gasteiger partial charge in [0, 0.05) is 23.6 Å². The maximum atomic E-state index is 12.8. The van der Waals surface area contributed by atoms with Crippen LogP contribution in [0.1, 0.15) is 35.9 Å². The van der Waals surface area contributed by atoms with E-state index in [9.17, 15) is 14.9 Å². The Kier molecular flexibility index (Phi) is 4.76. The van der Waals surface area contributed by atoms with Gasteiger partial charge < -0.3 is 10.1 Å². The maximum Gasteiger partial charge on any atom is 0.271 e. The molecular formula is C18H19N5O4. The number of nitro groups is 1. The summed E-state index contributed by atoms with van der Waals surface area (Å²) in [5.41, 5.74) is 1.67. The summed E-state index contributed by atoms with van der Waals surface area (Å²) in [7, 11) is 1.43. The number of fused-ring (bicyclic) bond motifs is 1. The molecule has 1 aromatic carbocycles. The van der Waals surface area contributed by atoms with E-state index in [0.717, 1.165) is 5.39 Å². The lowest BCUT2D eigenvalue weighted by Crippen LogP contribution is -2.15. The third-order valence-electron chi connectivity index (χ3n) is 4.14. The van der Waals surface area contributed by atoms with Gasteiger partial charge in [0.2, 0.25) is 0 Å². The number of aromatic nitrogens is 3. The van der Waals surface area contributed by atoms with E-state index in [1.807, 2.05) is 13.8 Å². The van der Waals surface area contributed by atoms with E-state index >= 15 is 0 Å². The van der Waals surface area contributed by atoms with Gasteiger partial charge in [-0.3, -0.25) is 14.9 Å². The first-order chi connectivity index (χ1) is 12.8. The molecule has 0 unspecified atom stereocenters. The summed E-state index contributed by atoms with van der Waals surface area (Å²) < 4.78 is 6.97. The zero-order chi connectivity index (χ0) is 19.7. The summed E-state index contributed by atoms with van der Waals surface area (Å²) >= 11 is 0. The van der Waals surface area contributed by atoms with Gasteiger partial charge in [0.1, 0.15) is 5.75 Å². The van der Waals surface area contributed by atoms with Gasteiger partial charge in [-0.1, -0.05) is 0 Å². The van der Waals surface area contributed by atoms with E-state index in [2.05, 4.69) is 15.4 Å². The van der Waals surface area contributed by atoms with Crippen LogP contribution in [0, 0.1) is 17.0 Å². The van der Waals surface area contributed by atoms with Crippen molar-refractivity contribution in [2.24, 2.45) is 0 Å². The number of carbonyl (C=O) groups excluding carboxylic acids is 1. The third kappa shape index (κ3) is 3.43. The summed E-state index contributed by atoms with van der Waals surface area (Å²) in [6.45, 7) is 5.73. The van der Waals surface area contributed by atoms with Crippen molar-refractivity contribution in [3.8, 4) is 5.75 Å². The molecule has 9 heteroatoms. The number of methoxy groups -OCH3 is 1. The van der Waals surface area contributed by atoms with E-state index < -0.39 is 10.8 Å². The van der Waals surface area contributed by atoms with E-state index in [4.69, 9.17) is 4.74 Å². The second kappa shape index (κ2) is 7.02. The average molecular weight is 369 g/mol. The third-order valence-corrected chi connectivity index (χ3v) is 4.14. The number of hydrogen-bond acceptors (Lipinski definition) is 6. The number of nitrogens with zero attached hydrogens (tertiary/aromatic N) is 4. The molecule has 0 saturated carbocycles. The lowest BCUT2D eigenvalue weighted by atomic mass is 10.1. The molecule has 0 spiro atoms. The van der Waals surface area contributed by atoms with Crippen LogP contribution in [-0.4, -0.2) is 32.7 Å². The quantitative estimate of drug-likeness (QED) is 0.544. The smallest absolute Gasteiger partial charge is 0.271 e. The number of nitro benzene ring substituents is 1. The molecule has 0 fully saturated rings. The van der Waals surface area contributed by atoms with Crippen molar-refractivity contribution in [2.45, 2.75) is 26.8 Å². The number of non-ortho nitro benzene ring substituents is 1. The zero-order valence-electron chi connectivity index (χ0n) is 15.4. The van der Waals surface area contributed by atoms with Crippen LogP contribution in [-0.2, 0) is 0 Å². The van der Waals surface area contributed by atoms with Gasteiger partial charge in [-0.2, -0.15) is 5.10 Å². The molecule has 0 aliphatic rings. The fraction of sp³-hybridized carbons (Fsp3) is 0.278. The highest BCUT2D eigenvalue weighted by Gasteiger charge is 2.18. The number of anilines is 1. The Bertz CT molecular complexity index is 1040. The first-order valence-corrected chi connectivity index (χ1v) is 8.30. The number of hydrogen-bond donors (Lipinski definition) is 1. The molecule has 0 aliphatic heterocycles. The number of aryl methyl sites for hydroxylation is 1. The fourth-order valence-corrected chi connectivity index (χ4v) is 2.77. The molecule has 1 amide bonds. The minimum Gasteiger partial charge on any atom is -0.495 e. The largest absolute Gasteiger partial charge is 0.495 e. The zero-order valence-corrected chi connectivity index (χ0v) is 15.4. The van der Waals surface area contributed by atoms with E-state index in [1.54, 1.807) is 23.9 Å². The van der Waals surface area contributed by atoms with Crippen molar-refractivity contribution < 1.29 is 14.5 Å². The van der Waals surface area contributed by atoms with Crippen LogP contribution in [0.3, 0.4) is 0 Å². The monoisotopic (exact) mass is 369 g/mol. The number of carbonyl (C=O) groups is 1. The molecule has 0 aliphatic carbocycles. The summed E-state index contributed by atoms with van der Waals surface area (Å²) in [4.78, 5) is 27.7. The van der Waals surface area contributed by atoms with E-state index in [0.29, 0.717) is 22.7 Å². The molecule has 140 valence electrons. The molecule has 9 nitrogen and oxygen atoms in total. The molecule has 3 rings (SSSR count). The summed E-state index contributed by atoms with van der Waals surface area (Å²) in [6, 6.07) is 5.86. The van der Waals surface area contributed by atoms with Crippen molar-refractivity contribution in [1.82, 2.24) is 14.8 Å². The summed E-state index contributed by atoms with van der Waals surface area (Å²) in [5.74, 6) is -0.105. The molecule has 2 aromatic heterocycles. The Labute approximate surface area is 155 Å². The van der Waals surface area contributed by atoms with Gasteiger partial charge in [0.05, 0.1) is 35.2 Å². The Morgan fingerprint density at radius 3 is 2.70 bits per heavy atom. The molecule has 0 atom stereocenters. The van der Waals surface area contributed by atoms with Crippen molar-refractivity contribution in [2.75, 3.05) is 12.4 Å². The van der Waals surface area contributed by atoms with Crippen LogP contribution < -0.4 is 10.1 Å². The van der Waals surface area contributed by atoms with Crippen molar-refractivity contribution in [3.63, 3.8) is 0 Å². The molecular weight excluding hydrogens is 350 g/mol. The summed E-state index contributed by atoms with van der Waals surface area (Å²) in [5, 5.41) is 18.7. The highest BCUT2D eigenvalue weighted by atomic mass is 16.6. The van der Waals surface area contributed by atoms with Crippen molar-refractivity contribution in [1.29, 1.82) is 0 Å². The molecule has 0 saturated heterocycles. The molecule has 0 bridgehead atoms. The standard InChI is InChI=1S/C18H19N5O4/c1-10(2)22-17-12(9-19-22)7-14(11(3)20-17)18(24)21-15-8-13(23(25)26)5-6-16(15)27-4/h5-10H,1-4H3,(H,21,24). The van der Waals surface area contributed by atoms with Gasteiger partial charge in [-0.15, -0.1) is 0 Å². The number of pyridine rings is 1. The number of nitrogens with one attached hydrogen (secondary N) is 1. The van der Waals surface area contributed by atoms with Gasteiger partial charge in [-0.05, 0) is 32.9 Å². The second-order valence-corrected chi connectivity index (χ2v) is 6.31. The Hall–Kier alpha value is -3.49. The van der Waals surface area contributed by atoms with E-state index in [1.165, 1.54) is 25.3 Å². The Morgan fingerprint density at radius 2 is 2.07 bits per heavy atom. The van der Waals surface area contributed by atoms with Crippen molar-refractivity contribution >= 4 is 28.3 Å². The van der Waals surface area contributed by atoms with Gasteiger partial charge >= 0.3 is 0 Å². The Morgan fingerprint density at radius 1 is 1.33 bits per heavy atom. The minimum atomic E-state index is -0.533. The molecule has 0 radical (unpaired) electrons. The number of benzene rings is 1. The SMILES string of the molecule is COc1ccc([N+](=O)[O-])cc1NC(=O)c1cc2cnn(C(C)C)c2nc1C. The Balaban J connectivity index is 1.98. The van der Waals surface area contributed by atoms with Crippen LogP contribution in [0.4, 0.5) is 11.4 Å². The van der Waals surface area contributed by atoms with Crippen LogP contribution in [0.25, 0.3) is 11.0 Å². The maximum absolute atomic E-state index is 12.8. The van der Waals surface area contributed by atoms with Gasteiger partial charge in [0.15, 0.2) is 5.65 Å². The fourth-order valence-electron chi connectivity index (χ4n) is 2.77. The van der Waals surface area contributed by atoms with Crippen LogP contribution in [0.5, 0.6) is 5.75 Å². The van der Waals surface area contributed by atoms with Gasteiger partial charge in [0.25, 0.3) is 11.6 Å². The minimum absolute atomic E-state index is 0.142. The first-order valence-electron chi connectivity index (χ1n) is 8.30. The average Bonchev–Trinajstić information content (AvgIpc) is 3.03. The highest BCUT2D eigenvalue weighted by molar-refractivity contribution is 6.07. The predicted molar refractivity (Wildman–Crippen MR) is 100 cm³/mol. The van der Waals surface area contributed by atoms with Crippen LogP contribution >= 0.6 is 0 Å². The number of amides is 1. The number of ether oxygens (including phenoxy) is 1. The molecule has 1 N–H and O–H groups in total. The first kappa shape index (κ1) is 18.3. The molecule has 27 heavy (non-hydrogen) atoms.